The number of methoxy groups -OCH3 is 1. The quantitative estimate of drug-likeness (QED) is 0.818. The molecule has 0 amide bonds. The van der Waals surface area contributed by atoms with Gasteiger partial charge in [-0.3, -0.25) is 0 Å². The minimum Gasteiger partial charge on any atom is -0.497 e. The minimum atomic E-state index is 0.275. The number of hydrogen-bond donors (Lipinski definition) is 1. The lowest BCUT2D eigenvalue weighted by molar-refractivity contribution is 0.0696. The van der Waals surface area contributed by atoms with Gasteiger partial charge in [-0.15, -0.1) is 0 Å². The number of rotatable bonds is 1. The van der Waals surface area contributed by atoms with Crippen molar-refractivity contribution < 1.29 is 4.74 Å². The van der Waals surface area contributed by atoms with Gasteiger partial charge in [0.25, 0.3) is 0 Å². The fraction of sp³-hybridized carbons (Fsp3) is 0.625. The van der Waals surface area contributed by atoms with Crippen LogP contribution in [0.3, 0.4) is 0 Å². The summed E-state index contributed by atoms with van der Waals surface area (Å²) in [7, 11) is 1.77. The molecule has 2 aliphatic heterocycles. The van der Waals surface area contributed by atoms with Crippen LogP contribution in [0.25, 0.3) is 0 Å². The molecule has 0 unspecified atom stereocenters. The van der Waals surface area contributed by atoms with E-state index in [9.17, 15) is 0 Å². The van der Waals surface area contributed by atoms with Crippen LogP contribution in [0.4, 0.5) is 0 Å². The van der Waals surface area contributed by atoms with Gasteiger partial charge in [-0.2, -0.15) is 0 Å². The summed E-state index contributed by atoms with van der Waals surface area (Å²) in [5.41, 5.74) is 3.42. The molecule has 2 bridgehead atoms. The summed E-state index contributed by atoms with van der Waals surface area (Å²) in [6.07, 6.45) is 6.89. The van der Waals surface area contributed by atoms with Crippen molar-refractivity contribution >= 4 is 0 Å². The number of nitrogens with one attached hydrogen (secondary N) is 1. The van der Waals surface area contributed by atoms with Crippen LogP contribution in [0, 0.1) is 5.92 Å². The Balaban J connectivity index is 1.89. The Morgan fingerprint density at radius 2 is 2.28 bits per heavy atom. The molecule has 4 aliphatic rings. The molecule has 0 radical (unpaired) electrons. The van der Waals surface area contributed by atoms with E-state index in [0.29, 0.717) is 0 Å². The van der Waals surface area contributed by atoms with Gasteiger partial charge in [0.05, 0.1) is 7.11 Å². The normalized spacial score (nSPS) is 36.9. The van der Waals surface area contributed by atoms with E-state index in [4.69, 9.17) is 4.74 Å². The van der Waals surface area contributed by atoms with E-state index in [1.807, 2.05) is 0 Å². The zero-order valence-corrected chi connectivity index (χ0v) is 11.0. The molecule has 96 valence electrons. The highest BCUT2D eigenvalue weighted by molar-refractivity contribution is 5.47. The Morgan fingerprint density at radius 1 is 1.33 bits per heavy atom. The summed E-state index contributed by atoms with van der Waals surface area (Å²) >= 11 is 0. The summed E-state index contributed by atoms with van der Waals surface area (Å²) in [6.45, 7) is 1.18. The van der Waals surface area contributed by atoms with Crippen LogP contribution in [-0.4, -0.2) is 13.7 Å². The van der Waals surface area contributed by atoms with Gasteiger partial charge in [-0.25, -0.2) is 0 Å². The van der Waals surface area contributed by atoms with E-state index >= 15 is 0 Å². The van der Waals surface area contributed by atoms with Crippen molar-refractivity contribution in [3.05, 3.63) is 29.3 Å². The van der Waals surface area contributed by atoms with Gasteiger partial charge in [0, 0.05) is 12.1 Å². The zero-order valence-electron chi connectivity index (χ0n) is 11.0. The Kier molecular flexibility index (Phi) is 2.25. The molecule has 2 aliphatic carbocycles. The molecule has 1 N–H and O–H groups in total. The molecule has 1 saturated carbocycles. The van der Waals surface area contributed by atoms with Gasteiger partial charge in [0.2, 0.25) is 0 Å². The standard InChI is InChI=1S/C16H21NO/c1-18-13-5-6-14-11-8-12-4-2-3-7-16(12,17-10-11)15(14)9-13/h5-6,9,11-12,17H,2-4,7-8,10H2,1H3/t11-,12+,16-/m0/s1. The lowest BCUT2D eigenvalue weighted by atomic mass is 9.57. The summed E-state index contributed by atoms with van der Waals surface area (Å²) in [4.78, 5) is 0. The molecule has 1 aromatic rings. The van der Waals surface area contributed by atoms with E-state index < -0.39 is 0 Å². The molecular formula is C16H21NO. The third kappa shape index (κ3) is 1.27. The fourth-order valence-corrected chi connectivity index (χ4v) is 4.62. The van der Waals surface area contributed by atoms with Crippen LogP contribution in [-0.2, 0) is 5.54 Å². The van der Waals surface area contributed by atoms with Crippen LogP contribution < -0.4 is 10.1 Å². The van der Waals surface area contributed by atoms with Crippen molar-refractivity contribution in [2.45, 2.75) is 43.6 Å². The first kappa shape index (κ1) is 10.9. The average Bonchev–Trinajstić information content (AvgIpc) is 2.46. The number of piperidine rings is 1. The van der Waals surface area contributed by atoms with Gasteiger partial charge >= 0.3 is 0 Å². The Labute approximate surface area is 109 Å². The Morgan fingerprint density at radius 3 is 3.17 bits per heavy atom. The summed E-state index contributed by atoms with van der Waals surface area (Å²) in [5, 5.41) is 3.89. The summed E-state index contributed by atoms with van der Waals surface area (Å²) in [5.74, 6) is 2.60. The van der Waals surface area contributed by atoms with Gasteiger partial charge in [0.1, 0.15) is 5.75 Å². The van der Waals surface area contributed by atoms with Crippen molar-refractivity contribution in [2.75, 3.05) is 13.7 Å². The number of benzene rings is 1. The molecule has 0 aromatic heterocycles. The smallest absolute Gasteiger partial charge is 0.119 e. The highest BCUT2D eigenvalue weighted by Crippen LogP contribution is 2.55. The van der Waals surface area contributed by atoms with Gasteiger partial charge < -0.3 is 10.1 Å². The topological polar surface area (TPSA) is 21.3 Å². The van der Waals surface area contributed by atoms with Gasteiger partial charge in [-0.05, 0) is 54.4 Å². The van der Waals surface area contributed by atoms with Crippen molar-refractivity contribution in [1.29, 1.82) is 0 Å². The highest BCUT2D eigenvalue weighted by atomic mass is 16.5. The van der Waals surface area contributed by atoms with E-state index in [1.165, 1.54) is 38.6 Å². The molecule has 2 fully saturated rings. The SMILES string of the molecule is COc1ccc2c(c1)[C@]13CCCC[C@@H]1C[C@H]2CN3. The van der Waals surface area contributed by atoms with Crippen LogP contribution in [0.15, 0.2) is 18.2 Å². The van der Waals surface area contributed by atoms with E-state index in [2.05, 4.69) is 23.5 Å². The second-order valence-corrected chi connectivity index (χ2v) is 6.18. The molecule has 1 spiro atoms. The van der Waals surface area contributed by atoms with E-state index in [-0.39, 0.29) is 5.54 Å². The van der Waals surface area contributed by atoms with Gasteiger partial charge in [-0.1, -0.05) is 18.9 Å². The van der Waals surface area contributed by atoms with Crippen LogP contribution in [0.1, 0.15) is 49.1 Å². The molecule has 1 saturated heterocycles. The fourth-order valence-electron chi connectivity index (χ4n) is 4.62. The first-order valence-electron chi connectivity index (χ1n) is 7.27. The second kappa shape index (κ2) is 3.74. The summed E-state index contributed by atoms with van der Waals surface area (Å²) < 4.78 is 5.44. The number of ether oxygens (including phenoxy) is 1. The third-order valence-corrected chi connectivity index (χ3v) is 5.48. The van der Waals surface area contributed by atoms with Crippen LogP contribution in [0.2, 0.25) is 0 Å². The second-order valence-electron chi connectivity index (χ2n) is 6.18. The van der Waals surface area contributed by atoms with Gasteiger partial charge in [0.15, 0.2) is 0 Å². The average molecular weight is 243 g/mol. The first-order chi connectivity index (χ1) is 8.83. The Hall–Kier alpha value is -1.02. The lowest BCUT2D eigenvalue weighted by Crippen LogP contribution is -2.59. The monoisotopic (exact) mass is 243 g/mol. The molecule has 2 heteroatoms. The maximum Gasteiger partial charge on any atom is 0.119 e. The zero-order chi connectivity index (χ0) is 12.2. The maximum atomic E-state index is 5.44. The van der Waals surface area contributed by atoms with Crippen molar-refractivity contribution in [2.24, 2.45) is 5.92 Å². The molecule has 3 atom stereocenters. The number of hydrogen-bond acceptors (Lipinski definition) is 2. The van der Waals surface area contributed by atoms with Crippen LogP contribution >= 0.6 is 0 Å². The predicted molar refractivity (Wildman–Crippen MR) is 72.0 cm³/mol. The first-order valence-corrected chi connectivity index (χ1v) is 7.27. The summed E-state index contributed by atoms with van der Waals surface area (Å²) in [6, 6.07) is 6.74. The molecular weight excluding hydrogens is 222 g/mol. The van der Waals surface area contributed by atoms with E-state index in [1.54, 1.807) is 18.2 Å². The Bertz CT molecular complexity index is 484. The highest BCUT2D eigenvalue weighted by Gasteiger charge is 2.51. The van der Waals surface area contributed by atoms with Crippen molar-refractivity contribution in [3.63, 3.8) is 0 Å². The van der Waals surface area contributed by atoms with E-state index in [0.717, 1.165) is 17.6 Å². The van der Waals surface area contributed by atoms with Crippen molar-refractivity contribution in [1.82, 2.24) is 5.32 Å². The predicted octanol–water partition coefficient (Wildman–Crippen LogP) is 3.17. The van der Waals surface area contributed by atoms with Crippen molar-refractivity contribution in [3.8, 4) is 5.75 Å². The molecule has 5 rings (SSSR count). The molecule has 18 heavy (non-hydrogen) atoms. The lowest BCUT2D eigenvalue weighted by Gasteiger charge is -2.56. The van der Waals surface area contributed by atoms with Crippen LogP contribution in [0.5, 0.6) is 5.75 Å². The largest absolute Gasteiger partial charge is 0.497 e. The maximum absolute atomic E-state index is 5.44. The third-order valence-electron chi connectivity index (χ3n) is 5.48. The number of fused-ring (bicyclic) bond motifs is 1. The molecule has 2 nitrogen and oxygen atoms in total. The molecule has 1 aromatic carbocycles. The molecule has 2 heterocycles. The minimum absolute atomic E-state index is 0.275.